The molecule has 0 aliphatic heterocycles. The first kappa shape index (κ1) is 8.53. The molecule has 0 aliphatic rings. The van der Waals surface area contributed by atoms with E-state index in [1.165, 1.54) is 4.88 Å². The van der Waals surface area contributed by atoms with E-state index in [2.05, 4.69) is 34.5 Å². The second-order valence-electron chi connectivity index (χ2n) is 2.90. The van der Waals surface area contributed by atoms with E-state index >= 15 is 0 Å². The van der Waals surface area contributed by atoms with E-state index < -0.39 is 0 Å². The Bertz CT molecular complexity index is 303. The number of nitrogens with zero attached hydrogens (tertiary/aromatic N) is 1. The molecule has 0 saturated carbocycles. The zero-order valence-corrected chi connectivity index (χ0v) is 8.08. The van der Waals surface area contributed by atoms with E-state index in [1.54, 1.807) is 11.3 Å². The first-order valence-electron chi connectivity index (χ1n) is 4.27. The Labute approximate surface area is 81.6 Å². The first-order chi connectivity index (χ1) is 6.42. The van der Waals surface area contributed by atoms with E-state index in [0.29, 0.717) is 12.6 Å². The van der Waals surface area contributed by atoms with Crippen LogP contribution in [0.2, 0.25) is 0 Å². The summed E-state index contributed by atoms with van der Waals surface area (Å²) in [4.78, 5) is 1.32. The van der Waals surface area contributed by atoms with Gasteiger partial charge in [0.05, 0.1) is 6.04 Å². The summed E-state index contributed by atoms with van der Waals surface area (Å²) in [7, 11) is 0. The van der Waals surface area contributed by atoms with Crippen molar-refractivity contribution in [2.24, 2.45) is 5.73 Å². The average Bonchev–Trinajstić information content (AvgIpc) is 2.76. The number of nitrogens with two attached hydrogens (primary N) is 1. The molecule has 0 saturated heterocycles. The van der Waals surface area contributed by atoms with Crippen molar-refractivity contribution in [2.45, 2.75) is 6.04 Å². The zero-order chi connectivity index (χ0) is 9.10. The van der Waals surface area contributed by atoms with Gasteiger partial charge < -0.3 is 10.3 Å². The van der Waals surface area contributed by atoms with Crippen LogP contribution in [0.1, 0.15) is 10.9 Å². The Balaban J connectivity index is 2.29. The normalized spacial score (nSPS) is 13.0. The standard InChI is InChI=1S/C10H12N2S/c11-8-9(10-4-3-7-13-10)12-5-1-2-6-12/h1-7,9H,8,11H2/t9-/m0/s1. The zero-order valence-electron chi connectivity index (χ0n) is 7.26. The van der Waals surface area contributed by atoms with Gasteiger partial charge in [-0.3, -0.25) is 0 Å². The molecule has 2 heterocycles. The predicted molar refractivity (Wildman–Crippen MR) is 55.9 cm³/mol. The Morgan fingerprint density at radius 3 is 2.62 bits per heavy atom. The molecule has 0 unspecified atom stereocenters. The average molecular weight is 192 g/mol. The lowest BCUT2D eigenvalue weighted by Crippen LogP contribution is -2.17. The van der Waals surface area contributed by atoms with Gasteiger partial charge in [0.1, 0.15) is 0 Å². The minimum absolute atomic E-state index is 0.301. The monoisotopic (exact) mass is 192 g/mol. The second kappa shape index (κ2) is 3.77. The molecule has 0 aliphatic carbocycles. The number of rotatable bonds is 3. The summed E-state index contributed by atoms with van der Waals surface area (Å²) >= 11 is 1.75. The smallest absolute Gasteiger partial charge is 0.0794 e. The molecule has 0 radical (unpaired) electrons. The van der Waals surface area contributed by atoms with Crippen molar-refractivity contribution < 1.29 is 0 Å². The van der Waals surface area contributed by atoms with Crippen molar-refractivity contribution in [3.63, 3.8) is 0 Å². The van der Waals surface area contributed by atoms with Gasteiger partial charge in [0, 0.05) is 23.8 Å². The number of hydrogen-bond acceptors (Lipinski definition) is 2. The van der Waals surface area contributed by atoms with Crippen LogP contribution in [0.5, 0.6) is 0 Å². The summed E-state index contributed by atoms with van der Waals surface area (Å²) in [5.41, 5.74) is 5.74. The third-order valence-electron chi connectivity index (χ3n) is 2.08. The lowest BCUT2D eigenvalue weighted by atomic mass is 10.2. The molecular weight excluding hydrogens is 180 g/mol. The minimum atomic E-state index is 0.301. The van der Waals surface area contributed by atoms with E-state index in [1.807, 2.05) is 12.1 Å². The van der Waals surface area contributed by atoms with Gasteiger partial charge in [0.2, 0.25) is 0 Å². The van der Waals surface area contributed by atoms with Crippen LogP contribution >= 0.6 is 11.3 Å². The Morgan fingerprint density at radius 2 is 2.08 bits per heavy atom. The Kier molecular flexibility index (Phi) is 2.47. The highest BCUT2D eigenvalue weighted by molar-refractivity contribution is 7.10. The fourth-order valence-corrected chi connectivity index (χ4v) is 2.27. The van der Waals surface area contributed by atoms with Gasteiger partial charge >= 0.3 is 0 Å². The molecule has 2 aromatic rings. The molecule has 1 atom stereocenters. The van der Waals surface area contributed by atoms with Crippen LogP contribution in [0.15, 0.2) is 42.0 Å². The molecule has 0 fully saturated rings. The molecule has 0 bridgehead atoms. The lowest BCUT2D eigenvalue weighted by molar-refractivity contribution is 0.608. The van der Waals surface area contributed by atoms with E-state index in [4.69, 9.17) is 5.73 Å². The van der Waals surface area contributed by atoms with Crippen molar-refractivity contribution in [3.05, 3.63) is 46.9 Å². The van der Waals surface area contributed by atoms with Crippen LogP contribution in [0.4, 0.5) is 0 Å². The van der Waals surface area contributed by atoms with Gasteiger partial charge in [-0.2, -0.15) is 0 Å². The topological polar surface area (TPSA) is 30.9 Å². The quantitative estimate of drug-likeness (QED) is 0.793. The highest BCUT2D eigenvalue weighted by atomic mass is 32.1. The van der Waals surface area contributed by atoms with Crippen LogP contribution in [0, 0.1) is 0 Å². The van der Waals surface area contributed by atoms with Gasteiger partial charge in [0.15, 0.2) is 0 Å². The molecule has 0 amide bonds. The third-order valence-corrected chi connectivity index (χ3v) is 3.06. The molecule has 2 nitrogen and oxygen atoms in total. The van der Waals surface area contributed by atoms with Crippen LogP contribution in [0.3, 0.4) is 0 Å². The van der Waals surface area contributed by atoms with Crippen LogP contribution < -0.4 is 5.73 Å². The van der Waals surface area contributed by atoms with E-state index in [0.717, 1.165) is 0 Å². The fourth-order valence-electron chi connectivity index (χ4n) is 1.42. The number of thiophene rings is 1. The largest absolute Gasteiger partial charge is 0.345 e. The van der Waals surface area contributed by atoms with Gasteiger partial charge in [0.25, 0.3) is 0 Å². The number of hydrogen-bond donors (Lipinski definition) is 1. The predicted octanol–water partition coefficient (Wildman–Crippen LogP) is 2.10. The molecular formula is C10H12N2S. The van der Waals surface area contributed by atoms with Gasteiger partial charge in [-0.1, -0.05) is 6.07 Å². The lowest BCUT2D eigenvalue weighted by Gasteiger charge is -2.14. The third kappa shape index (κ3) is 1.66. The molecule has 68 valence electrons. The maximum absolute atomic E-state index is 5.74. The van der Waals surface area contributed by atoms with Crippen molar-refractivity contribution in [1.82, 2.24) is 4.57 Å². The Hall–Kier alpha value is -1.06. The maximum atomic E-state index is 5.74. The second-order valence-corrected chi connectivity index (χ2v) is 3.88. The molecule has 0 aromatic carbocycles. The molecule has 2 rings (SSSR count). The van der Waals surface area contributed by atoms with Crippen molar-refractivity contribution in [3.8, 4) is 0 Å². The SMILES string of the molecule is NC[C@@H](c1cccs1)n1cccc1. The minimum Gasteiger partial charge on any atom is -0.345 e. The summed E-state index contributed by atoms with van der Waals surface area (Å²) < 4.78 is 2.14. The highest BCUT2D eigenvalue weighted by Crippen LogP contribution is 2.21. The maximum Gasteiger partial charge on any atom is 0.0794 e. The van der Waals surface area contributed by atoms with Gasteiger partial charge in [-0.05, 0) is 23.6 Å². The van der Waals surface area contributed by atoms with Crippen molar-refractivity contribution in [1.29, 1.82) is 0 Å². The molecule has 0 spiro atoms. The summed E-state index contributed by atoms with van der Waals surface area (Å²) in [5, 5.41) is 2.08. The molecule has 2 aromatic heterocycles. The van der Waals surface area contributed by atoms with Gasteiger partial charge in [-0.25, -0.2) is 0 Å². The van der Waals surface area contributed by atoms with Crippen molar-refractivity contribution >= 4 is 11.3 Å². The molecule has 2 N–H and O–H groups in total. The van der Waals surface area contributed by atoms with Gasteiger partial charge in [-0.15, -0.1) is 11.3 Å². The molecule has 13 heavy (non-hydrogen) atoms. The Morgan fingerprint density at radius 1 is 1.31 bits per heavy atom. The fraction of sp³-hybridized carbons (Fsp3) is 0.200. The summed E-state index contributed by atoms with van der Waals surface area (Å²) in [5.74, 6) is 0. The van der Waals surface area contributed by atoms with Crippen LogP contribution in [-0.2, 0) is 0 Å². The highest BCUT2D eigenvalue weighted by Gasteiger charge is 2.10. The summed E-state index contributed by atoms with van der Waals surface area (Å²) in [6.45, 7) is 0.648. The molecule has 3 heteroatoms. The van der Waals surface area contributed by atoms with Crippen LogP contribution in [-0.4, -0.2) is 11.1 Å². The van der Waals surface area contributed by atoms with E-state index in [-0.39, 0.29) is 0 Å². The van der Waals surface area contributed by atoms with Crippen LogP contribution in [0.25, 0.3) is 0 Å². The first-order valence-corrected chi connectivity index (χ1v) is 5.15. The number of aromatic nitrogens is 1. The summed E-state index contributed by atoms with van der Waals surface area (Å²) in [6, 6.07) is 8.54. The summed E-state index contributed by atoms with van der Waals surface area (Å²) in [6.07, 6.45) is 4.11. The van der Waals surface area contributed by atoms with Crippen molar-refractivity contribution in [2.75, 3.05) is 6.54 Å². The van der Waals surface area contributed by atoms with E-state index in [9.17, 15) is 0 Å².